The lowest BCUT2D eigenvalue weighted by Gasteiger charge is -2.29. The number of halogens is 1. The van der Waals surface area contributed by atoms with Gasteiger partial charge in [-0.15, -0.1) is 12.4 Å². The first kappa shape index (κ1) is 14.2. The summed E-state index contributed by atoms with van der Waals surface area (Å²) < 4.78 is 0. The highest BCUT2D eigenvalue weighted by Crippen LogP contribution is 2.45. The Morgan fingerprint density at radius 1 is 1.44 bits per heavy atom. The van der Waals surface area contributed by atoms with Crippen LogP contribution in [0.2, 0.25) is 0 Å². The molecule has 2 fully saturated rings. The summed E-state index contributed by atoms with van der Waals surface area (Å²) in [7, 11) is 2.20. The predicted molar refractivity (Wildman–Crippen MR) is 69.1 cm³/mol. The molecule has 0 amide bonds. The van der Waals surface area contributed by atoms with Crippen molar-refractivity contribution in [3.05, 3.63) is 0 Å². The summed E-state index contributed by atoms with van der Waals surface area (Å²) in [5.41, 5.74) is 0.275. The largest absolute Gasteiger partial charge is 0.396 e. The van der Waals surface area contributed by atoms with E-state index in [9.17, 15) is 5.11 Å². The molecule has 0 aromatic heterocycles. The fourth-order valence-electron chi connectivity index (χ4n) is 2.70. The molecule has 1 unspecified atom stereocenters. The maximum absolute atomic E-state index is 9.27. The van der Waals surface area contributed by atoms with E-state index in [0.717, 1.165) is 12.5 Å². The molecule has 1 aliphatic heterocycles. The second kappa shape index (κ2) is 6.20. The first-order chi connectivity index (χ1) is 7.24. The molecule has 4 heteroatoms. The van der Waals surface area contributed by atoms with Gasteiger partial charge in [0.2, 0.25) is 0 Å². The van der Waals surface area contributed by atoms with Gasteiger partial charge in [-0.1, -0.05) is 0 Å². The number of nitrogens with zero attached hydrogens (tertiary/aromatic N) is 1. The van der Waals surface area contributed by atoms with Crippen molar-refractivity contribution >= 4 is 12.4 Å². The van der Waals surface area contributed by atoms with Crippen molar-refractivity contribution in [2.45, 2.75) is 25.7 Å². The molecule has 3 nitrogen and oxygen atoms in total. The maximum atomic E-state index is 9.27. The Hall–Kier alpha value is 0.170. The molecule has 0 aromatic rings. The van der Waals surface area contributed by atoms with Crippen LogP contribution in [0.1, 0.15) is 25.7 Å². The van der Waals surface area contributed by atoms with E-state index in [-0.39, 0.29) is 17.8 Å². The van der Waals surface area contributed by atoms with Gasteiger partial charge in [0.05, 0.1) is 0 Å². The van der Waals surface area contributed by atoms with Crippen molar-refractivity contribution < 1.29 is 5.11 Å². The number of piperidine rings is 1. The van der Waals surface area contributed by atoms with Crippen molar-refractivity contribution in [2.24, 2.45) is 11.3 Å². The fourth-order valence-corrected chi connectivity index (χ4v) is 2.70. The average molecular weight is 249 g/mol. The molecule has 0 radical (unpaired) electrons. The molecule has 2 rings (SSSR count). The highest BCUT2D eigenvalue weighted by molar-refractivity contribution is 5.85. The molecule has 1 saturated carbocycles. The maximum Gasteiger partial charge on any atom is 0.0499 e. The number of rotatable bonds is 5. The standard InChI is InChI=1S/C12H24N2O.ClH/c1-14(9-12(10-15)4-5-12)8-11-3-2-6-13-7-11;/h11,13,15H,2-10H2,1H3;1H. The van der Waals surface area contributed by atoms with E-state index in [4.69, 9.17) is 0 Å². The van der Waals surface area contributed by atoms with E-state index >= 15 is 0 Å². The van der Waals surface area contributed by atoms with Gasteiger partial charge in [0.1, 0.15) is 0 Å². The van der Waals surface area contributed by atoms with E-state index in [0.29, 0.717) is 6.61 Å². The number of hydrogen-bond acceptors (Lipinski definition) is 3. The molecule has 96 valence electrons. The van der Waals surface area contributed by atoms with Crippen molar-refractivity contribution in [1.82, 2.24) is 10.2 Å². The lowest BCUT2D eigenvalue weighted by molar-refractivity contribution is 0.148. The van der Waals surface area contributed by atoms with Crippen molar-refractivity contribution in [3.63, 3.8) is 0 Å². The van der Waals surface area contributed by atoms with Crippen LogP contribution in [0.4, 0.5) is 0 Å². The van der Waals surface area contributed by atoms with Gasteiger partial charge in [-0.3, -0.25) is 0 Å². The van der Waals surface area contributed by atoms with Gasteiger partial charge >= 0.3 is 0 Å². The molecule has 1 atom stereocenters. The lowest BCUT2D eigenvalue weighted by Crippen LogP contribution is -2.39. The summed E-state index contributed by atoms with van der Waals surface area (Å²) in [6, 6.07) is 0. The zero-order valence-electron chi connectivity index (χ0n) is 10.2. The van der Waals surface area contributed by atoms with Crippen LogP contribution in [0.15, 0.2) is 0 Å². The summed E-state index contributed by atoms with van der Waals surface area (Å²) in [6.45, 7) is 5.02. The summed E-state index contributed by atoms with van der Waals surface area (Å²) in [6.07, 6.45) is 5.13. The zero-order valence-corrected chi connectivity index (χ0v) is 11.1. The third-order valence-electron chi connectivity index (χ3n) is 3.87. The van der Waals surface area contributed by atoms with E-state index in [2.05, 4.69) is 17.3 Å². The Labute approximate surface area is 105 Å². The number of aliphatic hydroxyl groups excluding tert-OH is 1. The predicted octanol–water partition coefficient (Wildman–Crippen LogP) is 1.11. The lowest BCUT2D eigenvalue weighted by atomic mass is 9.98. The molecule has 1 aliphatic carbocycles. The van der Waals surface area contributed by atoms with Crippen LogP contribution in [0.25, 0.3) is 0 Å². The highest BCUT2D eigenvalue weighted by atomic mass is 35.5. The number of aliphatic hydroxyl groups is 1. The van der Waals surface area contributed by atoms with E-state index in [1.165, 1.54) is 45.3 Å². The molecule has 2 aliphatic rings. The summed E-state index contributed by atoms with van der Waals surface area (Å²) >= 11 is 0. The normalized spacial score (nSPS) is 27.6. The van der Waals surface area contributed by atoms with E-state index < -0.39 is 0 Å². The minimum absolute atomic E-state index is 0. The minimum atomic E-state index is 0. The van der Waals surface area contributed by atoms with Gasteiger partial charge in [0, 0.05) is 25.1 Å². The van der Waals surface area contributed by atoms with Crippen LogP contribution < -0.4 is 5.32 Å². The van der Waals surface area contributed by atoms with Crippen LogP contribution in [0.3, 0.4) is 0 Å². The molecule has 0 aromatic carbocycles. The van der Waals surface area contributed by atoms with Crippen LogP contribution in [-0.4, -0.2) is 49.8 Å². The second-order valence-electron chi connectivity index (χ2n) is 5.57. The third-order valence-corrected chi connectivity index (χ3v) is 3.87. The monoisotopic (exact) mass is 248 g/mol. The van der Waals surface area contributed by atoms with Gasteiger partial charge < -0.3 is 15.3 Å². The summed E-state index contributed by atoms with van der Waals surface area (Å²) in [5, 5.41) is 12.7. The van der Waals surface area contributed by atoms with Crippen LogP contribution in [-0.2, 0) is 0 Å². The summed E-state index contributed by atoms with van der Waals surface area (Å²) in [5.74, 6) is 0.818. The fraction of sp³-hybridized carbons (Fsp3) is 1.00. The first-order valence-electron chi connectivity index (χ1n) is 6.24. The second-order valence-corrected chi connectivity index (χ2v) is 5.57. The van der Waals surface area contributed by atoms with Gasteiger partial charge in [-0.05, 0) is 51.7 Å². The molecule has 0 bridgehead atoms. The molecule has 2 N–H and O–H groups in total. The quantitative estimate of drug-likeness (QED) is 0.765. The smallest absolute Gasteiger partial charge is 0.0499 e. The Bertz CT molecular complexity index is 203. The topological polar surface area (TPSA) is 35.5 Å². The van der Waals surface area contributed by atoms with Crippen LogP contribution in [0, 0.1) is 11.3 Å². The van der Waals surface area contributed by atoms with Crippen molar-refractivity contribution in [2.75, 3.05) is 39.8 Å². The Morgan fingerprint density at radius 2 is 2.19 bits per heavy atom. The highest BCUT2D eigenvalue weighted by Gasteiger charge is 2.42. The average Bonchev–Trinajstić information content (AvgIpc) is 3.00. The Morgan fingerprint density at radius 3 is 2.69 bits per heavy atom. The zero-order chi connectivity index (χ0) is 10.7. The van der Waals surface area contributed by atoms with Gasteiger partial charge in [0.25, 0.3) is 0 Å². The molecular weight excluding hydrogens is 224 g/mol. The van der Waals surface area contributed by atoms with E-state index in [1.54, 1.807) is 0 Å². The SMILES string of the molecule is CN(CC1CCCNC1)CC1(CO)CC1.Cl. The summed E-state index contributed by atoms with van der Waals surface area (Å²) in [4.78, 5) is 2.42. The molecule has 0 spiro atoms. The van der Waals surface area contributed by atoms with Gasteiger partial charge in [-0.2, -0.15) is 0 Å². The molecule has 1 saturated heterocycles. The van der Waals surface area contributed by atoms with Crippen LogP contribution >= 0.6 is 12.4 Å². The van der Waals surface area contributed by atoms with Crippen molar-refractivity contribution in [3.8, 4) is 0 Å². The van der Waals surface area contributed by atoms with E-state index in [1.807, 2.05) is 0 Å². The number of nitrogens with one attached hydrogen (secondary N) is 1. The Balaban J connectivity index is 0.00000128. The number of hydrogen-bond donors (Lipinski definition) is 2. The minimum Gasteiger partial charge on any atom is -0.396 e. The third kappa shape index (κ3) is 3.88. The molecule has 16 heavy (non-hydrogen) atoms. The Kier molecular flexibility index (Phi) is 5.51. The first-order valence-corrected chi connectivity index (χ1v) is 6.24. The molecule has 1 heterocycles. The molecular formula is C12H25ClN2O. The van der Waals surface area contributed by atoms with Gasteiger partial charge in [-0.25, -0.2) is 0 Å². The van der Waals surface area contributed by atoms with Crippen LogP contribution in [0.5, 0.6) is 0 Å². The van der Waals surface area contributed by atoms with Gasteiger partial charge in [0.15, 0.2) is 0 Å². The van der Waals surface area contributed by atoms with Crippen molar-refractivity contribution in [1.29, 1.82) is 0 Å².